The fourth-order valence-electron chi connectivity index (χ4n) is 2.66. The molecule has 1 amide bonds. The molecule has 0 aliphatic carbocycles. The van der Waals surface area contributed by atoms with E-state index in [1.807, 2.05) is 43.3 Å². The van der Waals surface area contributed by atoms with Gasteiger partial charge in [-0.05, 0) is 36.3 Å². The Morgan fingerprint density at radius 3 is 2.62 bits per heavy atom. The van der Waals surface area contributed by atoms with Crippen LogP contribution in [-0.2, 0) is 16.2 Å². The third-order valence-electron chi connectivity index (χ3n) is 3.97. The van der Waals surface area contributed by atoms with Crippen LogP contribution in [0.15, 0.2) is 53.4 Å². The van der Waals surface area contributed by atoms with Gasteiger partial charge in [0.05, 0.1) is 11.5 Å². The molecule has 2 aromatic carbocycles. The zero-order valence-electron chi connectivity index (χ0n) is 15.7. The van der Waals surface area contributed by atoms with Gasteiger partial charge < -0.3 is 14.6 Å². The van der Waals surface area contributed by atoms with Crippen molar-refractivity contribution < 1.29 is 24.2 Å². The Balaban J connectivity index is 1.79. The molecule has 0 radical (unpaired) electrons. The monoisotopic (exact) mass is 429 g/mol. The van der Waals surface area contributed by atoms with Crippen LogP contribution in [0, 0.1) is 0 Å². The number of nitrogens with zero attached hydrogens (tertiary/aromatic N) is 1. The van der Waals surface area contributed by atoms with Crippen molar-refractivity contribution >= 4 is 46.3 Å². The van der Waals surface area contributed by atoms with Crippen LogP contribution in [-0.4, -0.2) is 39.4 Å². The van der Waals surface area contributed by atoms with Crippen LogP contribution in [0.2, 0.25) is 0 Å². The summed E-state index contributed by atoms with van der Waals surface area (Å²) in [5.74, 6) is -0.352. The number of ether oxygens (including phenoxy) is 2. The zero-order valence-corrected chi connectivity index (χ0v) is 17.3. The van der Waals surface area contributed by atoms with Gasteiger partial charge in [0.2, 0.25) is 0 Å². The van der Waals surface area contributed by atoms with Gasteiger partial charge in [-0.15, -0.1) is 0 Å². The fraction of sp³-hybridized carbons (Fsp3) is 0.190. The normalized spacial score (nSPS) is 15.1. The highest BCUT2D eigenvalue weighted by Gasteiger charge is 2.33. The number of benzene rings is 2. The molecule has 1 aliphatic rings. The molecule has 1 saturated heterocycles. The first kappa shape index (κ1) is 20.9. The number of carboxylic acid groups (broad SMARTS) is 1. The predicted molar refractivity (Wildman–Crippen MR) is 116 cm³/mol. The lowest BCUT2D eigenvalue weighted by molar-refractivity contribution is -0.140. The van der Waals surface area contributed by atoms with Crippen LogP contribution in [0.1, 0.15) is 18.1 Å². The van der Waals surface area contributed by atoms with Gasteiger partial charge in [-0.25, -0.2) is 0 Å². The smallest absolute Gasteiger partial charge is 0.323 e. The summed E-state index contributed by atoms with van der Waals surface area (Å²) in [6.07, 6.45) is 1.67. The van der Waals surface area contributed by atoms with Gasteiger partial charge in [0.15, 0.2) is 11.5 Å². The molecular formula is C21H19NO5S2. The molecule has 29 heavy (non-hydrogen) atoms. The predicted octanol–water partition coefficient (Wildman–Crippen LogP) is 3.95. The second kappa shape index (κ2) is 9.58. The van der Waals surface area contributed by atoms with E-state index >= 15 is 0 Å². The second-order valence-electron chi connectivity index (χ2n) is 6.08. The van der Waals surface area contributed by atoms with E-state index in [-0.39, 0.29) is 4.32 Å². The third kappa shape index (κ3) is 5.36. The largest absolute Gasteiger partial charge is 0.490 e. The van der Waals surface area contributed by atoms with Gasteiger partial charge >= 0.3 is 5.97 Å². The van der Waals surface area contributed by atoms with E-state index in [4.69, 9.17) is 26.8 Å². The zero-order chi connectivity index (χ0) is 20.8. The minimum Gasteiger partial charge on any atom is -0.490 e. The molecule has 3 rings (SSSR count). The number of hydrogen-bond donors (Lipinski definition) is 1. The lowest BCUT2D eigenvalue weighted by atomic mass is 10.1. The molecular weight excluding hydrogens is 410 g/mol. The van der Waals surface area contributed by atoms with E-state index in [1.165, 1.54) is 0 Å². The van der Waals surface area contributed by atoms with Crippen molar-refractivity contribution in [1.29, 1.82) is 0 Å². The average Bonchev–Trinajstić information content (AvgIpc) is 2.95. The molecule has 6 nitrogen and oxygen atoms in total. The number of thioether (sulfide) groups is 1. The molecule has 1 fully saturated rings. The summed E-state index contributed by atoms with van der Waals surface area (Å²) in [6.45, 7) is 2.31. The number of carbonyl (C=O) groups is 2. The third-order valence-corrected chi connectivity index (χ3v) is 5.35. The van der Waals surface area contributed by atoms with Crippen LogP contribution in [0.25, 0.3) is 6.08 Å². The van der Waals surface area contributed by atoms with E-state index < -0.39 is 18.4 Å². The highest BCUT2D eigenvalue weighted by molar-refractivity contribution is 8.26. The summed E-state index contributed by atoms with van der Waals surface area (Å²) in [5, 5.41) is 8.93. The van der Waals surface area contributed by atoms with Gasteiger partial charge in [-0.3, -0.25) is 14.5 Å². The first-order chi connectivity index (χ1) is 14.0. The van der Waals surface area contributed by atoms with Crippen molar-refractivity contribution in [2.24, 2.45) is 0 Å². The molecule has 0 saturated carbocycles. The lowest BCUT2D eigenvalue weighted by Crippen LogP contribution is -2.33. The van der Waals surface area contributed by atoms with Crippen LogP contribution in [0.4, 0.5) is 0 Å². The minimum absolute atomic E-state index is 0.233. The molecule has 0 bridgehead atoms. The fourth-order valence-corrected chi connectivity index (χ4v) is 3.92. The number of amides is 1. The van der Waals surface area contributed by atoms with Crippen molar-refractivity contribution in [3.63, 3.8) is 0 Å². The molecule has 0 spiro atoms. The minimum atomic E-state index is -1.11. The molecule has 1 heterocycles. The van der Waals surface area contributed by atoms with Gasteiger partial charge in [-0.1, -0.05) is 60.4 Å². The van der Waals surface area contributed by atoms with Gasteiger partial charge in [0, 0.05) is 0 Å². The maximum Gasteiger partial charge on any atom is 0.323 e. The number of carbonyl (C=O) groups excluding carboxylic acids is 1. The Labute approximate surface area is 178 Å². The Kier molecular flexibility index (Phi) is 6.90. The van der Waals surface area contributed by atoms with Crippen molar-refractivity contribution in [2.45, 2.75) is 13.5 Å². The summed E-state index contributed by atoms with van der Waals surface area (Å²) in [6, 6.07) is 15.2. The molecule has 0 unspecified atom stereocenters. The van der Waals surface area contributed by atoms with E-state index in [0.29, 0.717) is 29.6 Å². The maximum absolute atomic E-state index is 12.4. The molecule has 8 heteroatoms. The standard InChI is InChI=1S/C21H19NO5S2/c1-2-26-17-10-15(8-9-16(17)27-13-14-6-4-3-5-7-14)11-18-20(25)22(12-19(23)24)21(28)29-18/h3-11H,2,12-13H2,1H3,(H,23,24). The number of carboxylic acids is 1. The van der Waals surface area contributed by atoms with E-state index in [1.54, 1.807) is 18.2 Å². The molecule has 150 valence electrons. The summed E-state index contributed by atoms with van der Waals surface area (Å²) >= 11 is 6.20. The number of thiocarbonyl (C=S) groups is 1. The molecule has 1 N–H and O–H groups in total. The van der Waals surface area contributed by atoms with Crippen LogP contribution in [0.5, 0.6) is 11.5 Å². The Bertz CT molecular complexity index is 959. The van der Waals surface area contributed by atoms with Gasteiger partial charge in [-0.2, -0.15) is 0 Å². The SMILES string of the molecule is CCOc1cc(C=C2SC(=S)N(CC(=O)O)C2=O)ccc1OCc1ccccc1. The quantitative estimate of drug-likeness (QED) is 0.503. The Morgan fingerprint density at radius 1 is 1.17 bits per heavy atom. The average molecular weight is 430 g/mol. The van der Waals surface area contributed by atoms with Crippen LogP contribution < -0.4 is 9.47 Å². The van der Waals surface area contributed by atoms with Gasteiger partial charge in [0.1, 0.15) is 17.5 Å². The molecule has 2 aromatic rings. The van der Waals surface area contributed by atoms with E-state index in [0.717, 1.165) is 27.8 Å². The summed E-state index contributed by atoms with van der Waals surface area (Å²) in [7, 11) is 0. The van der Waals surface area contributed by atoms with Gasteiger partial charge in [0.25, 0.3) is 5.91 Å². The van der Waals surface area contributed by atoms with Crippen molar-refractivity contribution in [2.75, 3.05) is 13.2 Å². The summed E-state index contributed by atoms with van der Waals surface area (Å²) < 4.78 is 11.8. The number of aliphatic carboxylic acids is 1. The van der Waals surface area contributed by atoms with E-state index in [9.17, 15) is 9.59 Å². The molecule has 1 aliphatic heterocycles. The van der Waals surface area contributed by atoms with Crippen molar-refractivity contribution in [3.05, 3.63) is 64.6 Å². The van der Waals surface area contributed by atoms with Crippen molar-refractivity contribution in [1.82, 2.24) is 4.90 Å². The van der Waals surface area contributed by atoms with E-state index in [2.05, 4.69) is 0 Å². The first-order valence-corrected chi connectivity index (χ1v) is 10.1. The van der Waals surface area contributed by atoms with Crippen LogP contribution in [0.3, 0.4) is 0 Å². The lowest BCUT2D eigenvalue weighted by Gasteiger charge is -2.13. The molecule has 0 atom stereocenters. The van der Waals surface area contributed by atoms with Crippen LogP contribution >= 0.6 is 24.0 Å². The van der Waals surface area contributed by atoms with Crippen molar-refractivity contribution in [3.8, 4) is 11.5 Å². The number of rotatable bonds is 8. The highest BCUT2D eigenvalue weighted by Crippen LogP contribution is 2.35. The maximum atomic E-state index is 12.4. The molecule has 0 aromatic heterocycles. The topological polar surface area (TPSA) is 76.1 Å². The highest BCUT2D eigenvalue weighted by atomic mass is 32.2. The summed E-state index contributed by atoms with van der Waals surface area (Å²) in [5.41, 5.74) is 1.78. The second-order valence-corrected chi connectivity index (χ2v) is 7.75. The summed E-state index contributed by atoms with van der Waals surface area (Å²) in [4.78, 5) is 24.8. The Morgan fingerprint density at radius 2 is 1.93 bits per heavy atom. The number of hydrogen-bond acceptors (Lipinski definition) is 6. The Hall–Kier alpha value is -2.84. The first-order valence-electron chi connectivity index (χ1n) is 8.88.